The number of pyridine rings is 1. The largest absolute Gasteiger partial charge is 0.416 e. The summed E-state index contributed by atoms with van der Waals surface area (Å²) in [5.74, 6) is 1.50. The van der Waals surface area contributed by atoms with Gasteiger partial charge >= 0.3 is 6.09 Å². The van der Waals surface area contributed by atoms with E-state index in [-0.39, 0.29) is 5.92 Å². The molecule has 41 heavy (non-hydrogen) atoms. The molecular weight excluding hydrogens is 514 g/mol. The Labute approximate surface area is 239 Å². The van der Waals surface area contributed by atoms with Crippen molar-refractivity contribution < 1.29 is 14.3 Å². The van der Waals surface area contributed by atoms with E-state index in [0.29, 0.717) is 32.2 Å². The molecule has 0 radical (unpaired) electrons. The molecule has 0 saturated carbocycles. The Balaban J connectivity index is 1.24. The van der Waals surface area contributed by atoms with Crippen LogP contribution in [0, 0.1) is 5.92 Å². The van der Waals surface area contributed by atoms with E-state index in [1.54, 1.807) is 23.5 Å². The Hall–Kier alpha value is -4.56. The van der Waals surface area contributed by atoms with Crippen LogP contribution in [0.25, 0.3) is 32.8 Å². The predicted molar refractivity (Wildman–Crippen MR) is 161 cm³/mol. The Morgan fingerprint density at radius 3 is 2.56 bits per heavy atom. The average Bonchev–Trinajstić information content (AvgIpc) is 3.00. The standard InChI is InChI=1S/C33H33N5O3/c1-23(2)20-38(33(39)41-31-18-26-7-3-4-8-28(26)19-34-31)21-24-6-5-9-25(16-24)27-10-11-30-29(17-27)32(36-22-35-30)37-12-14-40-15-13-37/h3-11,16-19,22-23H,12-15,20-21H2,1-2H3. The van der Waals surface area contributed by atoms with Crippen molar-refractivity contribution in [1.29, 1.82) is 0 Å². The molecule has 1 aliphatic rings. The van der Waals surface area contributed by atoms with Crippen LogP contribution in [0.4, 0.5) is 10.6 Å². The van der Waals surface area contributed by atoms with Gasteiger partial charge in [0.1, 0.15) is 12.1 Å². The smallest absolute Gasteiger partial charge is 0.391 e. The summed E-state index contributed by atoms with van der Waals surface area (Å²) in [6.07, 6.45) is 2.95. The van der Waals surface area contributed by atoms with Gasteiger partial charge in [0.15, 0.2) is 0 Å². The first-order valence-electron chi connectivity index (χ1n) is 14.0. The molecule has 3 aromatic carbocycles. The zero-order valence-corrected chi connectivity index (χ0v) is 23.4. The van der Waals surface area contributed by atoms with Crippen LogP contribution >= 0.6 is 0 Å². The number of hydrogen-bond donors (Lipinski definition) is 0. The minimum Gasteiger partial charge on any atom is -0.391 e. The molecule has 1 aliphatic heterocycles. The number of fused-ring (bicyclic) bond motifs is 2. The van der Waals surface area contributed by atoms with Crippen molar-refractivity contribution in [2.75, 3.05) is 37.7 Å². The van der Waals surface area contributed by atoms with Gasteiger partial charge < -0.3 is 19.3 Å². The zero-order valence-electron chi connectivity index (χ0n) is 23.4. The molecule has 208 valence electrons. The van der Waals surface area contributed by atoms with Crippen molar-refractivity contribution in [2.45, 2.75) is 20.4 Å². The van der Waals surface area contributed by atoms with E-state index in [0.717, 1.165) is 57.3 Å². The van der Waals surface area contributed by atoms with Crippen LogP contribution in [0.2, 0.25) is 0 Å². The van der Waals surface area contributed by atoms with E-state index in [2.05, 4.69) is 58.0 Å². The number of amides is 1. The van der Waals surface area contributed by atoms with Gasteiger partial charge in [-0.25, -0.2) is 19.7 Å². The summed E-state index contributed by atoms with van der Waals surface area (Å²) in [6, 6.07) is 24.3. The molecule has 6 rings (SSSR count). The summed E-state index contributed by atoms with van der Waals surface area (Å²) in [7, 11) is 0. The molecule has 1 amide bonds. The number of hydrogen-bond acceptors (Lipinski definition) is 7. The van der Waals surface area contributed by atoms with Gasteiger partial charge in [-0.2, -0.15) is 0 Å². The van der Waals surface area contributed by atoms with Gasteiger partial charge in [-0.15, -0.1) is 0 Å². The van der Waals surface area contributed by atoms with Crippen LogP contribution in [0.3, 0.4) is 0 Å². The molecule has 3 heterocycles. The third-order valence-electron chi connectivity index (χ3n) is 7.20. The molecule has 5 aromatic rings. The lowest BCUT2D eigenvalue weighted by molar-refractivity contribution is 0.122. The zero-order chi connectivity index (χ0) is 28.2. The monoisotopic (exact) mass is 547 g/mol. The van der Waals surface area contributed by atoms with Crippen molar-refractivity contribution in [3.05, 3.63) is 90.9 Å². The second-order valence-electron chi connectivity index (χ2n) is 10.7. The quantitative estimate of drug-likeness (QED) is 0.235. The maximum atomic E-state index is 13.3. The molecule has 8 heteroatoms. The second kappa shape index (κ2) is 11.9. The van der Waals surface area contributed by atoms with Crippen molar-refractivity contribution in [3.63, 3.8) is 0 Å². The van der Waals surface area contributed by atoms with Crippen LogP contribution < -0.4 is 9.64 Å². The maximum Gasteiger partial charge on any atom is 0.416 e. The van der Waals surface area contributed by atoms with E-state index in [1.165, 1.54) is 0 Å². The molecule has 0 N–H and O–H groups in total. The van der Waals surface area contributed by atoms with Gasteiger partial charge in [-0.1, -0.05) is 62.4 Å². The highest BCUT2D eigenvalue weighted by atomic mass is 16.6. The van der Waals surface area contributed by atoms with E-state index in [1.807, 2.05) is 42.5 Å². The number of aromatic nitrogens is 3. The summed E-state index contributed by atoms with van der Waals surface area (Å²) in [6.45, 7) is 8.17. The third kappa shape index (κ3) is 6.12. The minimum absolute atomic E-state index is 0.273. The summed E-state index contributed by atoms with van der Waals surface area (Å²) >= 11 is 0. The van der Waals surface area contributed by atoms with Crippen LogP contribution in [0.5, 0.6) is 5.88 Å². The lowest BCUT2D eigenvalue weighted by Gasteiger charge is -2.28. The van der Waals surface area contributed by atoms with Gasteiger partial charge in [0.2, 0.25) is 5.88 Å². The first kappa shape index (κ1) is 26.7. The van der Waals surface area contributed by atoms with E-state index in [9.17, 15) is 4.79 Å². The van der Waals surface area contributed by atoms with Crippen LogP contribution in [0.15, 0.2) is 85.3 Å². The number of rotatable bonds is 7. The van der Waals surface area contributed by atoms with Gasteiger partial charge in [0, 0.05) is 49.2 Å². The highest BCUT2D eigenvalue weighted by Gasteiger charge is 2.20. The Bertz CT molecular complexity index is 1680. The number of benzene rings is 3. The molecule has 0 bridgehead atoms. The fourth-order valence-corrected chi connectivity index (χ4v) is 5.24. The molecular formula is C33H33N5O3. The van der Waals surface area contributed by atoms with Crippen molar-refractivity contribution in [1.82, 2.24) is 19.9 Å². The minimum atomic E-state index is -0.412. The fraction of sp³-hybridized carbons (Fsp3) is 0.273. The summed E-state index contributed by atoms with van der Waals surface area (Å²) in [5.41, 5.74) is 4.07. The molecule has 8 nitrogen and oxygen atoms in total. The molecule has 0 aliphatic carbocycles. The summed E-state index contributed by atoms with van der Waals surface area (Å²) < 4.78 is 11.3. The summed E-state index contributed by atoms with van der Waals surface area (Å²) in [5, 5.41) is 3.00. The highest BCUT2D eigenvalue weighted by molar-refractivity contribution is 5.93. The molecule has 1 fully saturated rings. The number of carbonyl (C=O) groups is 1. The van der Waals surface area contributed by atoms with Gasteiger partial charge in [0.05, 0.1) is 18.7 Å². The first-order chi connectivity index (χ1) is 20.0. The topological polar surface area (TPSA) is 80.7 Å². The van der Waals surface area contributed by atoms with Crippen LogP contribution in [-0.4, -0.2) is 58.8 Å². The lowest BCUT2D eigenvalue weighted by Crippen LogP contribution is -2.36. The normalized spacial score (nSPS) is 13.6. The van der Waals surface area contributed by atoms with E-state index in [4.69, 9.17) is 9.47 Å². The SMILES string of the molecule is CC(C)CN(Cc1cccc(-c2ccc3ncnc(N4CCOCC4)c3c2)c1)C(=O)Oc1cc2ccccc2cn1. The Morgan fingerprint density at radius 1 is 0.927 bits per heavy atom. The molecule has 0 unspecified atom stereocenters. The molecule has 0 atom stereocenters. The highest BCUT2D eigenvalue weighted by Crippen LogP contribution is 2.30. The van der Waals surface area contributed by atoms with Gasteiger partial charge in [-0.3, -0.25) is 0 Å². The number of ether oxygens (including phenoxy) is 2. The van der Waals surface area contributed by atoms with Gasteiger partial charge in [-0.05, 0) is 46.2 Å². The average molecular weight is 548 g/mol. The Morgan fingerprint density at radius 2 is 1.73 bits per heavy atom. The Kier molecular flexibility index (Phi) is 7.73. The lowest BCUT2D eigenvalue weighted by atomic mass is 10.0. The fourth-order valence-electron chi connectivity index (χ4n) is 5.24. The third-order valence-corrected chi connectivity index (χ3v) is 7.20. The van der Waals surface area contributed by atoms with Crippen LogP contribution in [-0.2, 0) is 11.3 Å². The number of anilines is 1. The molecule has 2 aromatic heterocycles. The van der Waals surface area contributed by atoms with Gasteiger partial charge in [0.25, 0.3) is 0 Å². The molecule has 1 saturated heterocycles. The predicted octanol–water partition coefficient (Wildman–Crippen LogP) is 6.34. The number of nitrogens with zero attached hydrogens (tertiary/aromatic N) is 5. The summed E-state index contributed by atoms with van der Waals surface area (Å²) in [4.78, 5) is 30.8. The van der Waals surface area contributed by atoms with Crippen molar-refractivity contribution >= 4 is 33.6 Å². The first-order valence-corrected chi connectivity index (χ1v) is 14.0. The maximum absolute atomic E-state index is 13.3. The van der Waals surface area contributed by atoms with Crippen molar-refractivity contribution in [3.8, 4) is 17.0 Å². The number of morpholine rings is 1. The number of carbonyl (C=O) groups excluding carboxylic acids is 1. The van der Waals surface area contributed by atoms with Crippen molar-refractivity contribution in [2.24, 2.45) is 5.92 Å². The van der Waals surface area contributed by atoms with E-state index >= 15 is 0 Å². The van der Waals surface area contributed by atoms with Crippen LogP contribution in [0.1, 0.15) is 19.4 Å². The second-order valence-corrected chi connectivity index (χ2v) is 10.7. The molecule has 0 spiro atoms. The van der Waals surface area contributed by atoms with E-state index < -0.39 is 6.09 Å².